The maximum atomic E-state index is 12.7. The molecule has 0 radical (unpaired) electrons. The van der Waals surface area contributed by atoms with Crippen LogP contribution in [-0.2, 0) is 19.1 Å². The molecule has 130 valence electrons. The zero-order valence-electron chi connectivity index (χ0n) is 13.8. The predicted molar refractivity (Wildman–Crippen MR) is 82.8 cm³/mol. The smallest absolute Gasteiger partial charge is 0.332 e. The van der Waals surface area contributed by atoms with E-state index < -0.39 is 17.6 Å². The Hall–Kier alpha value is -1.63. The summed E-state index contributed by atoms with van der Waals surface area (Å²) in [5, 5.41) is 12.3. The highest BCUT2D eigenvalue weighted by molar-refractivity contribution is 5.93. The fraction of sp³-hybridized carbons (Fsp3) is 0.812. The van der Waals surface area contributed by atoms with E-state index in [1.165, 1.54) is 12.0 Å². The normalized spacial score (nSPS) is 26.3. The second kappa shape index (κ2) is 7.29. The molecule has 0 bridgehead atoms. The van der Waals surface area contributed by atoms with Crippen molar-refractivity contribution in [2.45, 2.75) is 57.0 Å². The highest BCUT2D eigenvalue weighted by atomic mass is 16.5. The number of likely N-dealkylation sites (tertiary alicyclic amines) is 1. The molecular weight excluding hydrogens is 300 g/mol. The Bertz CT molecular complexity index is 475. The van der Waals surface area contributed by atoms with Gasteiger partial charge in [-0.25, -0.2) is 4.79 Å². The molecule has 0 spiro atoms. The third-order valence-electron chi connectivity index (χ3n) is 4.99. The van der Waals surface area contributed by atoms with Crippen LogP contribution >= 0.6 is 0 Å². The van der Waals surface area contributed by atoms with Crippen LogP contribution in [0.5, 0.6) is 0 Å². The SMILES string of the molecule is COCC1(C(=O)O)CCCN1C(=O)C(C)NC(=O)C1CCCC1. The van der Waals surface area contributed by atoms with Crippen molar-refractivity contribution < 1.29 is 24.2 Å². The predicted octanol–water partition coefficient (Wildman–Crippen LogP) is 0.773. The molecule has 2 amide bonds. The molecule has 2 unspecified atom stereocenters. The zero-order chi connectivity index (χ0) is 17.0. The summed E-state index contributed by atoms with van der Waals surface area (Å²) in [7, 11) is 1.43. The number of carbonyl (C=O) groups excluding carboxylic acids is 2. The van der Waals surface area contributed by atoms with Crippen molar-refractivity contribution in [3.05, 3.63) is 0 Å². The molecule has 7 heteroatoms. The number of carbonyl (C=O) groups is 3. The first-order valence-electron chi connectivity index (χ1n) is 8.26. The summed E-state index contributed by atoms with van der Waals surface area (Å²) in [6.45, 7) is 1.95. The van der Waals surface area contributed by atoms with Gasteiger partial charge in [-0.2, -0.15) is 0 Å². The molecule has 1 heterocycles. The number of rotatable bonds is 6. The van der Waals surface area contributed by atoms with Crippen LogP contribution in [0.25, 0.3) is 0 Å². The molecule has 0 aromatic carbocycles. The van der Waals surface area contributed by atoms with Crippen molar-refractivity contribution in [1.82, 2.24) is 10.2 Å². The average Bonchev–Trinajstić information content (AvgIpc) is 3.16. The minimum absolute atomic E-state index is 0.0213. The van der Waals surface area contributed by atoms with E-state index in [9.17, 15) is 19.5 Å². The van der Waals surface area contributed by atoms with Gasteiger partial charge < -0.3 is 20.1 Å². The van der Waals surface area contributed by atoms with Crippen molar-refractivity contribution in [1.29, 1.82) is 0 Å². The lowest BCUT2D eigenvalue weighted by atomic mass is 9.96. The van der Waals surface area contributed by atoms with Crippen LogP contribution in [0.3, 0.4) is 0 Å². The monoisotopic (exact) mass is 326 g/mol. The summed E-state index contributed by atoms with van der Waals surface area (Å²) in [6.07, 6.45) is 4.79. The van der Waals surface area contributed by atoms with Crippen molar-refractivity contribution in [2.24, 2.45) is 5.92 Å². The molecule has 2 atom stereocenters. The molecule has 2 N–H and O–H groups in total. The Balaban J connectivity index is 2.05. The van der Waals surface area contributed by atoms with Gasteiger partial charge in [-0.1, -0.05) is 12.8 Å². The van der Waals surface area contributed by atoms with E-state index in [2.05, 4.69) is 5.32 Å². The molecular formula is C16H26N2O5. The molecule has 1 aliphatic carbocycles. The lowest BCUT2D eigenvalue weighted by Gasteiger charge is -2.35. The van der Waals surface area contributed by atoms with Gasteiger partial charge in [-0.05, 0) is 32.6 Å². The molecule has 2 aliphatic rings. The summed E-state index contributed by atoms with van der Waals surface area (Å²) in [4.78, 5) is 37.9. The Morgan fingerprint density at radius 1 is 1.30 bits per heavy atom. The third-order valence-corrected chi connectivity index (χ3v) is 4.99. The van der Waals surface area contributed by atoms with Crippen LogP contribution < -0.4 is 5.32 Å². The van der Waals surface area contributed by atoms with Crippen LogP contribution in [0.2, 0.25) is 0 Å². The fourth-order valence-electron chi connectivity index (χ4n) is 3.69. The minimum Gasteiger partial charge on any atom is -0.479 e. The van der Waals surface area contributed by atoms with Gasteiger partial charge in [0, 0.05) is 19.6 Å². The number of hydrogen-bond acceptors (Lipinski definition) is 4. The van der Waals surface area contributed by atoms with Crippen LogP contribution in [0.15, 0.2) is 0 Å². The molecule has 1 saturated heterocycles. The first-order valence-corrected chi connectivity index (χ1v) is 8.26. The number of amides is 2. The third kappa shape index (κ3) is 3.49. The van der Waals surface area contributed by atoms with E-state index in [-0.39, 0.29) is 24.3 Å². The van der Waals surface area contributed by atoms with Gasteiger partial charge in [-0.15, -0.1) is 0 Å². The number of methoxy groups -OCH3 is 1. The second-order valence-corrected chi connectivity index (χ2v) is 6.57. The van der Waals surface area contributed by atoms with Gasteiger partial charge >= 0.3 is 5.97 Å². The number of hydrogen-bond donors (Lipinski definition) is 2. The standard InChI is InChI=1S/C16H26N2O5/c1-11(17-13(19)12-6-3-4-7-12)14(20)18-9-5-8-16(18,10-23-2)15(21)22/h11-12H,3-10H2,1-2H3,(H,17,19)(H,21,22). The molecule has 0 aromatic rings. The second-order valence-electron chi connectivity index (χ2n) is 6.57. The maximum absolute atomic E-state index is 12.7. The maximum Gasteiger partial charge on any atom is 0.332 e. The molecule has 1 saturated carbocycles. The topological polar surface area (TPSA) is 95.9 Å². The lowest BCUT2D eigenvalue weighted by Crippen LogP contribution is -2.60. The average molecular weight is 326 g/mol. The number of aliphatic carboxylic acids is 1. The minimum atomic E-state index is -1.32. The Morgan fingerprint density at radius 3 is 2.52 bits per heavy atom. The largest absolute Gasteiger partial charge is 0.479 e. The van der Waals surface area contributed by atoms with Crippen molar-refractivity contribution in [3.63, 3.8) is 0 Å². The number of nitrogens with one attached hydrogen (secondary N) is 1. The summed E-state index contributed by atoms with van der Waals surface area (Å²) in [5.74, 6) is -1.53. The summed E-state index contributed by atoms with van der Waals surface area (Å²) >= 11 is 0. The number of ether oxygens (including phenoxy) is 1. The highest BCUT2D eigenvalue weighted by Gasteiger charge is 2.51. The van der Waals surface area contributed by atoms with Crippen LogP contribution in [0.4, 0.5) is 0 Å². The van der Waals surface area contributed by atoms with Gasteiger partial charge in [0.05, 0.1) is 6.61 Å². The van der Waals surface area contributed by atoms with Crippen LogP contribution in [0, 0.1) is 5.92 Å². The van der Waals surface area contributed by atoms with E-state index in [4.69, 9.17) is 4.74 Å². The Kier molecular flexibility index (Phi) is 5.62. The van der Waals surface area contributed by atoms with Gasteiger partial charge in [-0.3, -0.25) is 9.59 Å². The highest BCUT2D eigenvalue weighted by Crippen LogP contribution is 2.31. The molecule has 2 fully saturated rings. The van der Waals surface area contributed by atoms with Crippen molar-refractivity contribution >= 4 is 17.8 Å². The quantitative estimate of drug-likeness (QED) is 0.752. The van der Waals surface area contributed by atoms with Gasteiger partial charge in [0.25, 0.3) is 0 Å². The fourth-order valence-corrected chi connectivity index (χ4v) is 3.69. The van der Waals surface area contributed by atoms with Gasteiger partial charge in [0.15, 0.2) is 5.54 Å². The molecule has 7 nitrogen and oxygen atoms in total. The molecule has 0 aromatic heterocycles. The molecule has 2 rings (SSSR count). The number of nitrogens with zero attached hydrogens (tertiary/aromatic N) is 1. The zero-order valence-corrected chi connectivity index (χ0v) is 13.8. The lowest BCUT2D eigenvalue weighted by molar-refractivity contribution is -0.161. The Morgan fingerprint density at radius 2 is 1.96 bits per heavy atom. The summed E-state index contributed by atoms with van der Waals surface area (Å²) in [5.41, 5.74) is -1.32. The van der Waals surface area contributed by atoms with Crippen LogP contribution in [0.1, 0.15) is 45.4 Å². The van der Waals surface area contributed by atoms with E-state index in [0.717, 1.165) is 25.7 Å². The van der Waals surface area contributed by atoms with E-state index in [0.29, 0.717) is 19.4 Å². The number of carboxylic acids is 1. The summed E-state index contributed by atoms with van der Waals surface area (Å²) in [6, 6.07) is -0.725. The first-order chi connectivity index (χ1) is 10.9. The Labute approximate surface area is 136 Å². The van der Waals surface area contributed by atoms with E-state index in [1.54, 1.807) is 6.92 Å². The van der Waals surface area contributed by atoms with Crippen LogP contribution in [-0.4, -0.2) is 59.6 Å². The number of carboxylic acid groups (broad SMARTS) is 1. The molecule has 1 aliphatic heterocycles. The van der Waals surface area contributed by atoms with E-state index >= 15 is 0 Å². The van der Waals surface area contributed by atoms with Crippen molar-refractivity contribution in [3.8, 4) is 0 Å². The van der Waals surface area contributed by atoms with Gasteiger partial charge in [0.2, 0.25) is 11.8 Å². The molecule has 23 heavy (non-hydrogen) atoms. The van der Waals surface area contributed by atoms with Gasteiger partial charge in [0.1, 0.15) is 6.04 Å². The van der Waals surface area contributed by atoms with Crippen molar-refractivity contribution in [2.75, 3.05) is 20.3 Å². The van der Waals surface area contributed by atoms with E-state index in [1.807, 2.05) is 0 Å². The first kappa shape index (κ1) is 17.7. The summed E-state index contributed by atoms with van der Waals surface area (Å²) < 4.78 is 5.05.